The zero-order chi connectivity index (χ0) is 19.4. The van der Waals surface area contributed by atoms with E-state index in [1.165, 1.54) is 9.80 Å². The van der Waals surface area contributed by atoms with Crippen molar-refractivity contribution >= 4 is 35.0 Å². The number of carbonyl (C=O) groups is 4. The highest BCUT2D eigenvalue weighted by atomic mass is 16.2. The Morgan fingerprint density at radius 3 is 1.32 bits per heavy atom. The van der Waals surface area contributed by atoms with Gasteiger partial charge < -0.3 is 10.6 Å². The van der Waals surface area contributed by atoms with Crippen LogP contribution in [-0.2, 0) is 19.2 Å². The van der Waals surface area contributed by atoms with Crippen molar-refractivity contribution in [3.05, 3.63) is 24.3 Å². The van der Waals surface area contributed by atoms with Gasteiger partial charge in [0.1, 0.15) is 0 Å². The first kappa shape index (κ1) is 17.5. The molecule has 2 atom stereocenters. The summed E-state index contributed by atoms with van der Waals surface area (Å²) in [5, 5.41) is 4.01. The van der Waals surface area contributed by atoms with Crippen LogP contribution in [0.15, 0.2) is 24.3 Å². The third-order valence-electron chi connectivity index (χ3n) is 5.98. The van der Waals surface area contributed by atoms with Crippen LogP contribution in [0.25, 0.3) is 0 Å². The van der Waals surface area contributed by atoms with E-state index in [2.05, 4.69) is 0 Å². The molecule has 28 heavy (non-hydrogen) atoms. The summed E-state index contributed by atoms with van der Waals surface area (Å²) >= 11 is 0. The number of benzene rings is 1. The number of rotatable bonds is 6. The van der Waals surface area contributed by atoms with Gasteiger partial charge in [0.2, 0.25) is 11.8 Å². The van der Waals surface area contributed by atoms with Gasteiger partial charge in [-0.1, -0.05) is 0 Å². The Balaban J connectivity index is 1.31. The van der Waals surface area contributed by atoms with Crippen molar-refractivity contribution < 1.29 is 29.8 Å². The minimum Gasteiger partial charge on any atom is -0.333 e. The smallest absolute Gasteiger partial charge is 0.292 e. The predicted octanol–water partition coefficient (Wildman–Crippen LogP) is -1.60. The highest BCUT2D eigenvalue weighted by Gasteiger charge is 2.46. The third kappa shape index (κ3) is 3.12. The van der Waals surface area contributed by atoms with Crippen LogP contribution < -0.4 is 20.4 Å². The Kier molecular flexibility index (Phi) is 4.06. The molecule has 0 unspecified atom stereocenters. The van der Waals surface area contributed by atoms with Gasteiger partial charge in [0.15, 0.2) is 12.1 Å². The lowest BCUT2D eigenvalue weighted by Crippen LogP contribution is -2.93. The Bertz CT molecular complexity index is 788. The van der Waals surface area contributed by atoms with E-state index in [0.29, 0.717) is 23.5 Å². The molecule has 0 aromatic heterocycles. The van der Waals surface area contributed by atoms with E-state index in [0.717, 1.165) is 25.7 Å². The van der Waals surface area contributed by atoms with E-state index in [1.54, 1.807) is 24.3 Å². The van der Waals surface area contributed by atoms with Crippen molar-refractivity contribution in [3.63, 3.8) is 0 Å². The Hall–Kier alpha value is -2.58. The molecule has 8 nitrogen and oxygen atoms in total. The van der Waals surface area contributed by atoms with Gasteiger partial charge in [-0.05, 0) is 24.3 Å². The molecule has 4 aliphatic rings. The molecule has 4 fully saturated rings. The number of nitrogens with two attached hydrogens (primary N) is 2. The van der Waals surface area contributed by atoms with Crippen molar-refractivity contribution in [3.8, 4) is 0 Å². The van der Waals surface area contributed by atoms with Crippen molar-refractivity contribution in [2.45, 2.75) is 62.7 Å². The van der Waals surface area contributed by atoms with Crippen LogP contribution in [0.3, 0.4) is 0 Å². The highest BCUT2D eigenvalue weighted by Crippen LogP contribution is 2.28. The zero-order valence-corrected chi connectivity index (χ0v) is 15.5. The number of hydrogen-bond acceptors (Lipinski definition) is 4. The molecule has 2 saturated heterocycles. The summed E-state index contributed by atoms with van der Waals surface area (Å²) in [7, 11) is 0. The second-order valence-corrected chi connectivity index (χ2v) is 8.33. The number of nitrogens with zero attached hydrogens (tertiary/aromatic N) is 2. The van der Waals surface area contributed by atoms with Gasteiger partial charge in [-0.2, -0.15) is 0 Å². The quantitative estimate of drug-likeness (QED) is 0.576. The SMILES string of the molecule is O=C1C[C@@H]([NH2+]C2CC2)C(=O)N1c1ccc(N2C(=O)C[C@@H]([NH2+]C3CC3)C2=O)cc1. The van der Waals surface area contributed by atoms with Gasteiger partial charge in [0, 0.05) is 25.7 Å². The Labute approximate surface area is 162 Å². The van der Waals surface area contributed by atoms with Gasteiger partial charge in [-0.25, -0.2) is 9.80 Å². The molecule has 1 aromatic carbocycles. The lowest BCUT2D eigenvalue weighted by Gasteiger charge is -2.17. The summed E-state index contributed by atoms with van der Waals surface area (Å²) in [5.74, 6) is -0.770. The number of amides is 4. The van der Waals surface area contributed by atoms with E-state index >= 15 is 0 Å². The molecule has 2 heterocycles. The summed E-state index contributed by atoms with van der Waals surface area (Å²) in [4.78, 5) is 52.4. The van der Waals surface area contributed by atoms with Crippen LogP contribution in [0, 0.1) is 0 Å². The highest BCUT2D eigenvalue weighted by molar-refractivity contribution is 6.23. The summed E-state index contributed by atoms with van der Waals surface area (Å²) < 4.78 is 0. The second kappa shape index (κ2) is 6.49. The van der Waals surface area contributed by atoms with Gasteiger partial charge in [-0.15, -0.1) is 0 Å². The molecule has 2 aliphatic heterocycles. The topological polar surface area (TPSA) is 108 Å². The fourth-order valence-corrected chi connectivity index (χ4v) is 4.14. The lowest BCUT2D eigenvalue weighted by molar-refractivity contribution is -0.687. The fraction of sp³-hybridized carbons (Fsp3) is 0.500. The van der Waals surface area contributed by atoms with Crippen LogP contribution in [0.4, 0.5) is 11.4 Å². The van der Waals surface area contributed by atoms with Crippen LogP contribution in [-0.4, -0.2) is 47.8 Å². The molecule has 2 aliphatic carbocycles. The minimum absolute atomic E-state index is 0.183. The maximum Gasteiger partial charge on any atom is 0.292 e. The van der Waals surface area contributed by atoms with Crippen molar-refractivity contribution in [2.24, 2.45) is 0 Å². The van der Waals surface area contributed by atoms with Crippen LogP contribution in [0.5, 0.6) is 0 Å². The van der Waals surface area contributed by atoms with Crippen molar-refractivity contribution in [1.82, 2.24) is 0 Å². The fourth-order valence-electron chi connectivity index (χ4n) is 4.14. The van der Waals surface area contributed by atoms with E-state index in [4.69, 9.17) is 0 Å². The zero-order valence-electron chi connectivity index (χ0n) is 15.5. The van der Waals surface area contributed by atoms with Gasteiger partial charge in [-0.3, -0.25) is 19.2 Å². The third-order valence-corrected chi connectivity index (χ3v) is 5.98. The number of hydrogen-bond donors (Lipinski definition) is 2. The molecular weight excluding hydrogens is 360 g/mol. The number of quaternary nitrogens is 2. The van der Waals surface area contributed by atoms with E-state index in [-0.39, 0.29) is 48.6 Å². The molecule has 4 N–H and O–H groups in total. The monoisotopic (exact) mass is 384 g/mol. The van der Waals surface area contributed by atoms with Gasteiger partial charge in [0.25, 0.3) is 11.8 Å². The molecule has 0 spiro atoms. The first-order chi connectivity index (χ1) is 13.5. The predicted molar refractivity (Wildman–Crippen MR) is 98.1 cm³/mol. The van der Waals surface area contributed by atoms with Gasteiger partial charge >= 0.3 is 0 Å². The largest absolute Gasteiger partial charge is 0.333 e. The molecule has 5 rings (SSSR count). The van der Waals surface area contributed by atoms with E-state index in [9.17, 15) is 19.2 Å². The molecule has 2 saturated carbocycles. The lowest BCUT2D eigenvalue weighted by atomic mass is 10.2. The van der Waals surface area contributed by atoms with Crippen molar-refractivity contribution in [2.75, 3.05) is 9.80 Å². The summed E-state index contributed by atoms with van der Waals surface area (Å²) in [5.41, 5.74) is 0.983. The Morgan fingerprint density at radius 1 is 0.643 bits per heavy atom. The number of anilines is 2. The number of imide groups is 2. The molecule has 146 valence electrons. The summed E-state index contributed by atoms with van der Waals surface area (Å²) in [6, 6.07) is 6.84. The summed E-state index contributed by atoms with van der Waals surface area (Å²) in [6.07, 6.45) is 4.85. The first-order valence-electron chi connectivity index (χ1n) is 10.0. The molecule has 0 radical (unpaired) electrons. The molecule has 4 amide bonds. The average molecular weight is 384 g/mol. The molecule has 8 heteroatoms. The van der Waals surface area contributed by atoms with E-state index in [1.807, 2.05) is 10.6 Å². The second-order valence-electron chi connectivity index (χ2n) is 8.33. The van der Waals surface area contributed by atoms with Crippen LogP contribution in [0.1, 0.15) is 38.5 Å². The summed E-state index contributed by atoms with van der Waals surface area (Å²) in [6.45, 7) is 0. The first-order valence-corrected chi connectivity index (χ1v) is 10.0. The maximum atomic E-state index is 12.6. The van der Waals surface area contributed by atoms with Crippen LogP contribution in [0.2, 0.25) is 0 Å². The van der Waals surface area contributed by atoms with E-state index < -0.39 is 0 Å². The average Bonchev–Trinajstić information content (AvgIpc) is 3.57. The standard InChI is InChI=1S/C20H22N4O4/c25-17-9-15(21-11-1-2-11)19(27)23(17)13-5-7-14(8-6-13)24-18(26)10-16(20(24)28)22-12-3-4-12/h5-8,11-12,15-16,21-22H,1-4,9-10H2/p+2/t15-,16-/m1/s1. The molecule has 0 bridgehead atoms. The Morgan fingerprint density at radius 2 is 1.00 bits per heavy atom. The van der Waals surface area contributed by atoms with Gasteiger partial charge in [0.05, 0.1) is 36.3 Å². The molecular formula is C20H24N4O4+2. The van der Waals surface area contributed by atoms with Crippen LogP contribution >= 0.6 is 0 Å². The normalized spacial score (nSPS) is 28.0. The number of carbonyl (C=O) groups excluding carboxylic acids is 4. The minimum atomic E-state index is -0.333. The molecule has 1 aromatic rings. The van der Waals surface area contributed by atoms with Crippen molar-refractivity contribution in [1.29, 1.82) is 0 Å². The maximum absolute atomic E-state index is 12.6.